The molecule has 136 valence electrons. The topological polar surface area (TPSA) is 44.1 Å². The molecule has 0 fully saturated rings. The summed E-state index contributed by atoms with van der Waals surface area (Å²) in [6.45, 7) is 3.09. The lowest BCUT2D eigenvalue weighted by atomic mass is 9.89. The first kappa shape index (κ1) is 17.4. The highest BCUT2D eigenvalue weighted by molar-refractivity contribution is 7.17. The van der Waals surface area contributed by atoms with Gasteiger partial charge in [0.25, 0.3) is 5.56 Å². The fraction of sp³-hybridized carbons (Fsp3) is 0.429. The third kappa shape index (κ3) is 2.99. The maximum absolute atomic E-state index is 13.2. The number of fused-ring (bicyclic) bond motifs is 2. The van der Waals surface area contributed by atoms with Crippen molar-refractivity contribution in [2.75, 3.05) is 13.7 Å². The number of rotatable bonds is 5. The van der Waals surface area contributed by atoms with Gasteiger partial charge in [-0.15, -0.1) is 11.3 Å². The molecule has 0 unspecified atom stereocenters. The number of methoxy groups -OCH3 is 1. The maximum atomic E-state index is 13.2. The van der Waals surface area contributed by atoms with Crippen molar-refractivity contribution in [3.05, 3.63) is 50.9 Å². The van der Waals surface area contributed by atoms with Gasteiger partial charge in [0.2, 0.25) is 0 Å². The smallest absolute Gasteiger partial charge is 0.262 e. The summed E-state index contributed by atoms with van der Waals surface area (Å²) in [5.41, 5.74) is 5.11. The van der Waals surface area contributed by atoms with Gasteiger partial charge < -0.3 is 4.74 Å². The molecule has 26 heavy (non-hydrogen) atoms. The van der Waals surface area contributed by atoms with E-state index in [-0.39, 0.29) is 5.56 Å². The van der Waals surface area contributed by atoms with Crippen molar-refractivity contribution in [3.8, 4) is 11.1 Å². The fourth-order valence-corrected chi connectivity index (χ4v) is 4.82. The summed E-state index contributed by atoms with van der Waals surface area (Å²) in [6.07, 6.45) is 5.58. The van der Waals surface area contributed by atoms with Crippen LogP contribution in [0.5, 0.6) is 0 Å². The van der Waals surface area contributed by atoms with E-state index in [1.165, 1.54) is 30.4 Å². The second-order valence-electron chi connectivity index (χ2n) is 6.85. The molecule has 1 aliphatic carbocycles. The van der Waals surface area contributed by atoms with Gasteiger partial charge in [-0.25, -0.2) is 4.98 Å². The van der Waals surface area contributed by atoms with Crippen LogP contribution < -0.4 is 5.56 Å². The largest absolute Gasteiger partial charge is 0.383 e. The Hall–Kier alpha value is -1.98. The first-order chi connectivity index (χ1) is 12.7. The lowest BCUT2D eigenvalue weighted by Crippen LogP contribution is -2.26. The summed E-state index contributed by atoms with van der Waals surface area (Å²) in [6, 6.07) is 6.69. The summed E-state index contributed by atoms with van der Waals surface area (Å²) in [4.78, 5) is 18.8. The molecule has 1 aliphatic rings. The van der Waals surface area contributed by atoms with Gasteiger partial charge in [0, 0.05) is 24.5 Å². The van der Waals surface area contributed by atoms with Gasteiger partial charge in [-0.1, -0.05) is 25.1 Å². The molecule has 0 spiro atoms. The van der Waals surface area contributed by atoms with E-state index in [0.717, 1.165) is 40.0 Å². The Bertz CT molecular complexity index is 1000. The number of ether oxygens (including phenoxy) is 1. The van der Waals surface area contributed by atoms with E-state index >= 15 is 0 Å². The highest BCUT2D eigenvalue weighted by atomic mass is 32.1. The zero-order valence-electron chi connectivity index (χ0n) is 15.4. The first-order valence-corrected chi connectivity index (χ1v) is 10.2. The second kappa shape index (κ2) is 7.33. The number of hydrogen-bond acceptors (Lipinski definition) is 4. The molecule has 0 saturated heterocycles. The van der Waals surface area contributed by atoms with Gasteiger partial charge in [-0.2, -0.15) is 0 Å². The predicted molar refractivity (Wildman–Crippen MR) is 107 cm³/mol. The van der Waals surface area contributed by atoms with E-state index in [9.17, 15) is 4.79 Å². The molecule has 2 aromatic heterocycles. The summed E-state index contributed by atoms with van der Waals surface area (Å²) in [7, 11) is 1.66. The Balaban J connectivity index is 1.87. The number of benzene rings is 1. The minimum Gasteiger partial charge on any atom is -0.383 e. The molecular formula is C21H24N2O2S. The molecule has 4 nitrogen and oxygen atoms in total. The summed E-state index contributed by atoms with van der Waals surface area (Å²) in [5.74, 6) is 0.832. The van der Waals surface area contributed by atoms with Gasteiger partial charge in [0.1, 0.15) is 10.7 Å². The Morgan fingerprint density at radius 3 is 2.81 bits per heavy atom. The summed E-state index contributed by atoms with van der Waals surface area (Å²) >= 11 is 1.57. The molecule has 0 radical (unpaired) electrons. The minimum atomic E-state index is 0.0536. The fourth-order valence-electron chi connectivity index (χ4n) is 3.86. The summed E-state index contributed by atoms with van der Waals surface area (Å²) < 4.78 is 6.96. The van der Waals surface area contributed by atoms with Gasteiger partial charge in [-0.05, 0) is 42.4 Å². The van der Waals surface area contributed by atoms with Crippen molar-refractivity contribution in [1.82, 2.24) is 9.55 Å². The third-order valence-corrected chi connectivity index (χ3v) is 6.14. The quantitative estimate of drug-likeness (QED) is 0.677. The molecule has 0 saturated carbocycles. The van der Waals surface area contributed by atoms with E-state index in [2.05, 4.69) is 23.6 Å². The van der Waals surface area contributed by atoms with E-state index < -0.39 is 0 Å². The SMILES string of the molecule is CCc1nc2scc(-c3ccc4c(c3)CCCC4)c2c(=O)n1CCOC. The normalized spacial score (nSPS) is 13.9. The first-order valence-electron chi connectivity index (χ1n) is 9.35. The number of thiophene rings is 1. The van der Waals surface area contributed by atoms with Crippen molar-refractivity contribution in [2.45, 2.75) is 45.6 Å². The van der Waals surface area contributed by atoms with Crippen LogP contribution in [-0.2, 0) is 30.5 Å². The van der Waals surface area contributed by atoms with E-state index in [1.807, 2.05) is 6.92 Å². The van der Waals surface area contributed by atoms with E-state index in [4.69, 9.17) is 9.72 Å². The zero-order valence-corrected chi connectivity index (χ0v) is 16.2. The van der Waals surface area contributed by atoms with Crippen LogP contribution in [0.4, 0.5) is 0 Å². The molecular weight excluding hydrogens is 344 g/mol. The van der Waals surface area contributed by atoms with Crippen LogP contribution in [0.15, 0.2) is 28.4 Å². The highest BCUT2D eigenvalue weighted by Gasteiger charge is 2.18. The van der Waals surface area contributed by atoms with E-state index in [0.29, 0.717) is 13.2 Å². The van der Waals surface area contributed by atoms with Crippen molar-refractivity contribution < 1.29 is 4.74 Å². The number of aromatic nitrogens is 2. The van der Waals surface area contributed by atoms with Crippen LogP contribution in [0, 0.1) is 0 Å². The predicted octanol–water partition coefficient (Wildman–Crippen LogP) is 4.21. The molecule has 0 amide bonds. The van der Waals surface area contributed by atoms with Crippen LogP contribution in [0.1, 0.15) is 36.7 Å². The van der Waals surface area contributed by atoms with Crippen LogP contribution in [-0.4, -0.2) is 23.3 Å². The Morgan fingerprint density at radius 1 is 1.23 bits per heavy atom. The van der Waals surface area contributed by atoms with Crippen LogP contribution in [0.3, 0.4) is 0 Å². The molecule has 3 aromatic rings. The third-order valence-electron chi connectivity index (χ3n) is 5.27. The van der Waals surface area contributed by atoms with Gasteiger partial charge in [0.05, 0.1) is 18.5 Å². The van der Waals surface area contributed by atoms with Gasteiger partial charge >= 0.3 is 0 Å². The number of nitrogens with zero attached hydrogens (tertiary/aromatic N) is 2. The zero-order chi connectivity index (χ0) is 18.1. The summed E-state index contributed by atoms with van der Waals surface area (Å²) in [5, 5.41) is 2.84. The molecule has 0 bridgehead atoms. The molecule has 2 heterocycles. The minimum absolute atomic E-state index is 0.0536. The molecule has 0 aliphatic heterocycles. The molecule has 5 heteroatoms. The number of aryl methyl sites for hydroxylation is 3. The maximum Gasteiger partial charge on any atom is 0.262 e. The van der Waals surface area contributed by atoms with E-state index in [1.54, 1.807) is 23.0 Å². The molecule has 1 aromatic carbocycles. The van der Waals surface area contributed by atoms with Gasteiger partial charge in [0.15, 0.2) is 0 Å². The standard InChI is InChI=1S/C21H24N2O2S/c1-3-18-22-20-19(21(24)23(18)10-11-25-2)17(13-26-20)16-9-8-14-6-4-5-7-15(14)12-16/h8-9,12-13H,3-7,10-11H2,1-2H3. The average Bonchev–Trinajstić information content (AvgIpc) is 3.11. The Labute approximate surface area is 157 Å². The van der Waals surface area contributed by atoms with Crippen molar-refractivity contribution in [1.29, 1.82) is 0 Å². The average molecular weight is 369 g/mol. The van der Waals surface area contributed by atoms with Crippen molar-refractivity contribution >= 4 is 21.6 Å². The van der Waals surface area contributed by atoms with Crippen LogP contribution in [0.25, 0.3) is 21.3 Å². The lowest BCUT2D eigenvalue weighted by molar-refractivity contribution is 0.185. The molecule has 0 atom stereocenters. The van der Waals surface area contributed by atoms with Crippen LogP contribution in [0.2, 0.25) is 0 Å². The lowest BCUT2D eigenvalue weighted by Gasteiger charge is -2.16. The molecule has 4 rings (SSSR count). The van der Waals surface area contributed by atoms with Gasteiger partial charge in [-0.3, -0.25) is 9.36 Å². The monoisotopic (exact) mass is 368 g/mol. The second-order valence-corrected chi connectivity index (χ2v) is 7.71. The number of hydrogen-bond donors (Lipinski definition) is 0. The van der Waals surface area contributed by atoms with Crippen molar-refractivity contribution in [2.24, 2.45) is 0 Å². The van der Waals surface area contributed by atoms with Crippen molar-refractivity contribution in [3.63, 3.8) is 0 Å². The molecule has 0 N–H and O–H groups in total. The highest BCUT2D eigenvalue weighted by Crippen LogP contribution is 2.33. The van der Waals surface area contributed by atoms with Crippen LogP contribution >= 0.6 is 11.3 Å². The Kier molecular flexibility index (Phi) is 4.92. The Morgan fingerprint density at radius 2 is 2.04 bits per heavy atom.